The molecule has 0 saturated heterocycles. The summed E-state index contributed by atoms with van der Waals surface area (Å²) in [5, 5.41) is 4.60. The molecule has 5 heteroatoms. The quantitative estimate of drug-likeness (QED) is 0.659. The van der Waals surface area contributed by atoms with Gasteiger partial charge in [0.25, 0.3) is 5.91 Å². The number of rotatable bonds is 2. The van der Waals surface area contributed by atoms with Crippen LogP contribution in [0.1, 0.15) is 10.4 Å². The molecule has 1 amide bonds. The highest BCUT2D eigenvalue weighted by atomic mass is 79.9. The number of hydrogen-bond donors (Lipinski definition) is 2. The zero-order chi connectivity index (χ0) is 15.7. The first-order valence-electron chi connectivity index (χ1n) is 6.60. The molecule has 3 aromatic rings. The van der Waals surface area contributed by atoms with E-state index in [0.717, 1.165) is 15.2 Å². The summed E-state index contributed by atoms with van der Waals surface area (Å²) in [7, 11) is 0. The van der Waals surface area contributed by atoms with Gasteiger partial charge in [0, 0.05) is 15.4 Å². The van der Waals surface area contributed by atoms with Crippen LogP contribution in [0.4, 0.5) is 15.8 Å². The van der Waals surface area contributed by atoms with Gasteiger partial charge in [0.15, 0.2) is 0 Å². The smallest absolute Gasteiger partial charge is 0.255 e. The second kappa shape index (κ2) is 5.77. The van der Waals surface area contributed by atoms with Gasteiger partial charge in [0.05, 0.1) is 11.4 Å². The number of carbonyl (C=O) groups is 1. The number of hydrogen-bond acceptors (Lipinski definition) is 2. The third kappa shape index (κ3) is 2.67. The van der Waals surface area contributed by atoms with E-state index in [-0.39, 0.29) is 11.7 Å². The number of anilines is 2. The summed E-state index contributed by atoms with van der Waals surface area (Å²) in [4.78, 5) is 12.3. The molecule has 0 atom stereocenters. The lowest BCUT2D eigenvalue weighted by molar-refractivity contribution is 0.102. The Kier molecular flexibility index (Phi) is 3.81. The standard InChI is InChI=1S/C17H12BrFN2O/c18-14-3-1-2-13-12(14)8-9-15(20)16(13)21-17(22)10-4-6-11(19)7-5-10/h1-9H,20H2,(H,21,22). The second-order valence-corrected chi connectivity index (χ2v) is 5.68. The maximum absolute atomic E-state index is 12.9. The lowest BCUT2D eigenvalue weighted by atomic mass is 10.1. The third-order valence-corrected chi connectivity index (χ3v) is 4.08. The van der Waals surface area contributed by atoms with E-state index in [0.29, 0.717) is 16.9 Å². The number of fused-ring (bicyclic) bond motifs is 1. The van der Waals surface area contributed by atoms with Crippen LogP contribution in [-0.4, -0.2) is 5.91 Å². The first-order chi connectivity index (χ1) is 10.6. The van der Waals surface area contributed by atoms with Gasteiger partial charge in [-0.15, -0.1) is 0 Å². The minimum Gasteiger partial charge on any atom is -0.397 e. The van der Waals surface area contributed by atoms with Crippen molar-refractivity contribution in [2.75, 3.05) is 11.1 Å². The van der Waals surface area contributed by atoms with Crippen LogP contribution in [0.2, 0.25) is 0 Å². The Morgan fingerprint density at radius 1 is 1.00 bits per heavy atom. The summed E-state index contributed by atoms with van der Waals surface area (Å²) in [5.41, 5.74) is 7.39. The molecule has 0 unspecified atom stereocenters. The Hall–Kier alpha value is -2.40. The minimum absolute atomic E-state index is 0.334. The van der Waals surface area contributed by atoms with Crippen LogP contribution < -0.4 is 11.1 Å². The molecule has 0 aliphatic heterocycles. The lowest BCUT2D eigenvalue weighted by Gasteiger charge is -2.12. The summed E-state index contributed by atoms with van der Waals surface area (Å²) in [6.45, 7) is 0. The Balaban J connectivity index is 2.03. The van der Waals surface area contributed by atoms with Crippen LogP contribution >= 0.6 is 15.9 Å². The van der Waals surface area contributed by atoms with Gasteiger partial charge in [-0.25, -0.2) is 4.39 Å². The fraction of sp³-hybridized carbons (Fsp3) is 0. The molecule has 0 heterocycles. The molecule has 0 radical (unpaired) electrons. The van der Waals surface area contributed by atoms with Gasteiger partial charge in [-0.05, 0) is 41.8 Å². The van der Waals surface area contributed by atoms with Crippen molar-refractivity contribution in [2.24, 2.45) is 0 Å². The fourth-order valence-corrected chi connectivity index (χ4v) is 2.76. The maximum atomic E-state index is 12.9. The first kappa shape index (κ1) is 14.5. The molecular weight excluding hydrogens is 347 g/mol. The maximum Gasteiger partial charge on any atom is 0.255 e. The third-order valence-electron chi connectivity index (χ3n) is 3.39. The SMILES string of the molecule is Nc1ccc2c(Br)cccc2c1NC(=O)c1ccc(F)cc1. The zero-order valence-corrected chi connectivity index (χ0v) is 13.0. The van der Waals surface area contributed by atoms with E-state index < -0.39 is 0 Å². The molecule has 3 N–H and O–H groups in total. The van der Waals surface area contributed by atoms with Crippen molar-refractivity contribution < 1.29 is 9.18 Å². The van der Waals surface area contributed by atoms with E-state index >= 15 is 0 Å². The average molecular weight is 359 g/mol. The van der Waals surface area contributed by atoms with E-state index in [1.807, 2.05) is 24.3 Å². The Morgan fingerprint density at radius 2 is 1.73 bits per heavy atom. The van der Waals surface area contributed by atoms with E-state index in [1.54, 1.807) is 6.07 Å². The number of nitrogens with one attached hydrogen (secondary N) is 1. The summed E-state index contributed by atoms with van der Waals surface area (Å²) >= 11 is 3.48. The van der Waals surface area contributed by atoms with E-state index in [4.69, 9.17) is 5.73 Å². The molecule has 3 rings (SSSR count). The topological polar surface area (TPSA) is 55.1 Å². The van der Waals surface area contributed by atoms with Crippen molar-refractivity contribution in [3.8, 4) is 0 Å². The molecule has 22 heavy (non-hydrogen) atoms. The van der Waals surface area contributed by atoms with Crippen LogP contribution in [-0.2, 0) is 0 Å². The van der Waals surface area contributed by atoms with Gasteiger partial charge >= 0.3 is 0 Å². The van der Waals surface area contributed by atoms with Crippen molar-refractivity contribution in [2.45, 2.75) is 0 Å². The molecule has 0 bridgehead atoms. The molecule has 0 fully saturated rings. The van der Waals surface area contributed by atoms with Crippen molar-refractivity contribution in [1.82, 2.24) is 0 Å². The van der Waals surface area contributed by atoms with Gasteiger partial charge in [-0.2, -0.15) is 0 Å². The molecule has 0 aliphatic carbocycles. The van der Waals surface area contributed by atoms with Gasteiger partial charge in [0.2, 0.25) is 0 Å². The van der Waals surface area contributed by atoms with Crippen LogP contribution in [0, 0.1) is 5.82 Å². The predicted octanol–water partition coefficient (Wildman–Crippen LogP) is 4.58. The molecule has 0 spiro atoms. The van der Waals surface area contributed by atoms with Crippen molar-refractivity contribution in [3.63, 3.8) is 0 Å². The average Bonchev–Trinajstić information content (AvgIpc) is 2.51. The highest BCUT2D eigenvalue weighted by Crippen LogP contribution is 2.33. The Morgan fingerprint density at radius 3 is 2.45 bits per heavy atom. The molecule has 0 aliphatic rings. The number of benzene rings is 3. The number of nitrogen functional groups attached to an aromatic ring is 1. The monoisotopic (exact) mass is 358 g/mol. The van der Waals surface area contributed by atoms with Crippen LogP contribution in [0.25, 0.3) is 10.8 Å². The van der Waals surface area contributed by atoms with Gasteiger partial charge in [0.1, 0.15) is 5.82 Å². The van der Waals surface area contributed by atoms with Crippen molar-refractivity contribution in [1.29, 1.82) is 0 Å². The molecule has 0 saturated carbocycles. The van der Waals surface area contributed by atoms with Crippen LogP contribution in [0.3, 0.4) is 0 Å². The lowest BCUT2D eigenvalue weighted by Crippen LogP contribution is -2.13. The second-order valence-electron chi connectivity index (χ2n) is 4.83. The molecule has 0 aromatic heterocycles. The predicted molar refractivity (Wildman–Crippen MR) is 90.4 cm³/mol. The number of nitrogens with two attached hydrogens (primary N) is 1. The Bertz CT molecular complexity index is 862. The van der Waals surface area contributed by atoms with Gasteiger partial charge < -0.3 is 11.1 Å². The summed E-state index contributed by atoms with van der Waals surface area (Å²) < 4.78 is 13.9. The van der Waals surface area contributed by atoms with E-state index in [9.17, 15) is 9.18 Å². The zero-order valence-electron chi connectivity index (χ0n) is 11.4. The number of carbonyl (C=O) groups excluding carboxylic acids is 1. The number of halogens is 2. The highest BCUT2D eigenvalue weighted by molar-refractivity contribution is 9.10. The Labute approximate surface area is 135 Å². The molecule has 110 valence electrons. The van der Waals surface area contributed by atoms with Gasteiger partial charge in [-0.3, -0.25) is 4.79 Å². The molecule has 3 aromatic carbocycles. The van der Waals surface area contributed by atoms with Crippen molar-refractivity contribution >= 4 is 44.0 Å². The summed E-state index contributed by atoms with van der Waals surface area (Å²) in [6.07, 6.45) is 0. The van der Waals surface area contributed by atoms with Crippen LogP contribution in [0.5, 0.6) is 0 Å². The van der Waals surface area contributed by atoms with Crippen LogP contribution in [0.15, 0.2) is 59.1 Å². The van der Waals surface area contributed by atoms with Crippen molar-refractivity contribution in [3.05, 3.63) is 70.5 Å². The largest absolute Gasteiger partial charge is 0.397 e. The molecule has 3 nitrogen and oxygen atoms in total. The van der Waals surface area contributed by atoms with E-state index in [1.165, 1.54) is 24.3 Å². The number of amides is 1. The van der Waals surface area contributed by atoms with E-state index in [2.05, 4.69) is 21.2 Å². The summed E-state index contributed by atoms with van der Waals surface area (Å²) in [5.74, 6) is -0.718. The van der Waals surface area contributed by atoms with Gasteiger partial charge in [-0.1, -0.05) is 34.1 Å². The highest BCUT2D eigenvalue weighted by Gasteiger charge is 2.12. The first-order valence-corrected chi connectivity index (χ1v) is 7.39. The summed E-state index contributed by atoms with van der Waals surface area (Å²) in [6, 6.07) is 14.7. The normalized spacial score (nSPS) is 10.6. The fourth-order valence-electron chi connectivity index (χ4n) is 2.26. The molecular formula is C17H12BrFN2O. The minimum atomic E-state index is -0.384.